The van der Waals surface area contributed by atoms with E-state index in [0.717, 1.165) is 6.54 Å². The molecule has 1 nitrogen and oxygen atoms in total. The number of alkyl halides is 2. The highest BCUT2D eigenvalue weighted by Crippen LogP contribution is 2.09. The number of fused-ring (bicyclic) bond motifs is 1. The van der Waals surface area contributed by atoms with Crippen LogP contribution in [0.3, 0.4) is 0 Å². The normalized spacial score (nSPS) is 12.9. The number of hydrogen-bond acceptors (Lipinski definition) is 0. The number of para-hydroxylation sites is 1. The van der Waals surface area contributed by atoms with Crippen LogP contribution in [0.4, 0.5) is 0 Å². The zero-order valence-electron chi connectivity index (χ0n) is 8.24. The van der Waals surface area contributed by atoms with Crippen molar-refractivity contribution in [1.82, 2.24) is 0 Å². The lowest BCUT2D eigenvalue weighted by Gasteiger charge is -2.03. The first kappa shape index (κ1) is 10.7. The highest BCUT2D eigenvalue weighted by atomic mass is 35.5. The van der Waals surface area contributed by atoms with Crippen LogP contribution in [0.25, 0.3) is 10.9 Å². The van der Waals surface area contributed by atoms with Gasteiger partial charge in [0.1, 0.15) is 5.38 Å². The fraction of sp³-hybridized carbons (Fsp3) is 0.250. The fourth-order valence-electron chi connectivity index (χ4n) is 1.64. The van der Waals surface area contributed by atoms with E-state index in [4.69, 9.17) is 23.2 Å². The molecule has 0 unspecified atom stereocenters. The number of rotatable bonds is 3. The van der Waals surface area contributed by atoms with Crippen molar-refractivity contribution in [2.75, 3.05) is 5.88 Å². The minimum Gasteiger partial charge on any atom is -0.197 e. The number of aromatic nitrogens is 1. The minimum atomic E-state index is -0.0255. The summed E-state index contributed by atoms with van der Waals surface area (Å²) in [6.07, 6.45) is 2.03. The predicted molar refractivity (Wildman–Crippen MR) is 64.5 cm³/mol. The Labute approximate surface area is 99.2 Å². The predicted octanol–water partition coefficient (Wildman–Crippen LogP) is 2.97. The first-order valence-electron chi connectivity index (χ1n) is 4.88. The van der Waals surface area contributed by atoms with Gasteiger partial charge < -0.3 is 0 Å². The zero-order chi connectivity index (χ0) is 10.7. The van der Waals surface area contributed by atoms with Gasteiger partial charge in [-0.1, -0.05) is 12.1 Å². The average Bonchev–Trinajstić information content (AvgIpc) is 2.29. The molecule has 0 saturated heterocycles. The van der Waals surface area contributed by atoms with Gasteiger partial charge in [0.25, 0.3) is 0 Å². The van der Waals surface area contributed by atoms with Gasteiger partial charge in [0, 0.05) is 23.4 Å². The molecule has 1 heterocycles. The molecule has 2 aromatic rings. The van der Waals surface area contributed by atoms with Crippen LogP contribution in [-0.4, -0.2) is 11.3 Å². The summed E-state index contributed by atoms with van der Waals surface area (Å²) < 4.78 is 2.13. The first-order valence-corrected chi connectivity index (χ1v) is 5.85. The Hall–Kier alpha value is -0.790. The highest BCUT2D eigenvalue weighted by Gasteiger charge is 2.12. The molecule has 0 aliphatic rings. The first-order chi connectivity index (χ1) is 7.31. The standard InChI is InChI=1S/C12H12Cl2N/c13-8-11(14)9-15-7-3-5-10-4-1-2-6-12(10)15/h1-7,11H,8-9H2/q+1/t11-/m0/s1. The van der Waals surface area contributed by atoms with Gasteiger partial charge in [0.05, 0.1) is 0 Å². The molecule has 0 aliphatic carbocycles. The average molecular weight is 241 g/mol. The van der Waals surface area contributed by atoms with E-state index in [1.807, 2.05) is 24.4 Å². The largest absolute Gasteiger partial charge is 0.212 e. The van der Waals surface area contributed by atoms with E-state index in [1.165, 1.54) is 10.9 Å². The Morgan fingerprint density at radius 2 is 1.87 bits per heavy atom. The van der Waals surface area contributed by atoms with Crippen molar-refractivity contribution in [3.63, 3.8) is 0 Å². The molecule has 15 heavy (non-hydrogen) atoms. The van der Waals surface area contributed by atoms with Crippen molar-refractivity contribution in [2.45, 2.75) is 11.9 Å². The summed E-state index contributed by atoms with van der Waals surface area (Å²) in [6.45, 7) is 0.742. The van der Waals surface area contributed by atoms with Crippen molar-refractivity contribution in [1.29, 1.82) is 0 Å². The third-order valence-corrected chi connectivity index (χ3v) is 3.17. The minimum absolute atomic E-state index is 0.0255. The Morgan fingerprint density at radius 3 is 2.67 bits per heavy atom. The molecule has 78 valence electrons. The van der Waals surface area contributed by atoms with Crippen LogP contribution < -0.4 is 4.57 Å². The molecule has 0 bridgehead atoms. The van der Waals surface area contributed by atoms with Gasteiger partial charge in [-0.25, -0.2) is 0 Å². The lowest BCUT2D eigenvalue weighted by Crippen LogP contribution is -2.38. The molecule has 0 fully saturated rings. The molecule has 0 aliphatic heterocycles. The quantitative estimate of drug-likeness (QED) is 0.574. The number of halogens is 2. The van der Waals surface area contributed by atoms with Gasteiger partial charge in [0.15, 0.2) is 12.7 Å². The van der Waals surface area contributed by atoms with Gasteiger partial charge in [-0.2, -0.15) is 4.57 Å². The van der Waals surface area contributed by atoms with Gasteiger partial charge >= 0.3 is 0 Å². The zero-order valence-corrected chi connectivity index (χ0v) is 9.75. The Morgan fingerprint density at radius 1 is 1.13 bits per heavy atom. The van der Waals surface area contributed by atoms with E-state index in [9.17, 15) is 0 Å². The summed E-state index contributed by atoms with van der Waals surface area (Å²) >= 11 is 11.8. The molecule has 0 saturated carbocycles. The Kier molecular flexibility index (Phi) is 3.45. The fourth-order valence-corrected chi connectivity index (χ4v) is 1.89. The second kappa shape index (κ2) is 4.82. The summed E-state index contributed by atoms with van der Waals surface area (Å²) in [6, 6.07) is 12.4. The molecule has 0 radical (unpaired) electrons. The molecule has 0 N–H and O–H groups in total. The molecule has 0 spiro atoms. The molecule has 2 rings (SSSR count). The Balaban J connectivity index is 2.42. The molecule has 0 amide bonds. The van der Waals surface area contributed by atoms with Crippen LogP contribution >= 0.6 is 23.2 Å². The smallest absolute Gasteiger partial charge is 0.197 e. The monoisotopic (exact) mass is 240 g/mol. The second-order valence-electron chi connectivity index (χ2n) is 3.47. The van der Waals surface area contributed by atoms with Gasteiger partial charge in [-0.15, -0.1) is 23.2 Å². The third-order valence-electron chi connectivity index (χ3n) is 2.35. The van der Waals surface area contributed by atoms with Crippen molar-refractivity contribution >= 4 is 34.1 Å². The van der Waals surface area contributed by atoms with Crippen molar-refractivity contribution in [3.05, 3.63) is 42.6 Å². The number of nitrogens with zero attached hydrogens (tertiary/aromatic N) is 1. The molecule has 1 atom stereocenters. The lowest BCUT2D eigenvalue weighted by atomic mass is 10.2. The van der Waals surface area contributed by atoms with E-state index >= 15 is 0 Å². The third kappa shape index (κ3) is 2.42. The van der Waals surface area contributed by atoms with Crippen LogP contribution in [0.2, 0.25) is 0 Å². The molecular weight excluding hydrogens is 229 g/mol. The number of benzene rings is 1. The maximum atomic E-state index is 6.05. The van der Waals surface area contributed by atoms with E-state index in [1.54, 1.807) is 0 Å². The van der Waals surface area contributed by atoms with Crippen LogP contribution in [0.15, 0.2) is 42.6 Å². The van der Waals surface area contributed by atoms with Crippen molar-refractivity contribution in [2.24, 2.45) is 0 Å². The van der Waals surface area contributed by atoms with E-state index in [2.05, 4.69) is 22.8 Å². The number of pyridine rings is 1. The second-order valence-corrected chi connectivity index (χ2v) is 4.40. The van der Waals surface area contributed by atoms with Crippen LogP contribution in [0, 0.1) is 0 Å². The van der Waals surface area contributed by atoms with Gasteiger partial charge in [0.2, 0.25) is 5.52 Å². The maximum Gasteiger partial charge on any atom is 0.212 e. The van der Waals surface area contributed by atoms with Crippen molar-refractivity contribution < 1.29 is 4.57 Å². The maximum absolute atomic E-state index is 6.05. The lowest BCUT2D eigenvalue weighted by molar-refractivity contribution is -0.670. The van der Waals surface area contributed by atoms with Gasteiger partial charge in [-0.05, 0) is 12.1 Å². The Bertz CT molecular complexity index is 451. The van der Waals surface area contributed by atoms with E-state index < -0.39 is 0 Å². The van der Waals surface area contributed by atoms with Crippen molar-refractivity contribution in [3.8, 4) is 0 Å². The number of hydrogen-bond donors (Lipinski definition) is 0. The summed E-state index contributed by atoms with van der Waals surface area (Å²) in [5, 5.41) is 1.20. The van der Waals surface area contributed by atoms with Crippen LogP contribution in [-0.2, 0) is 6.54 Å². The topological polar surface area (TPSA) is 3.88 Å². The summed E-state index contributed by atoms with van der Waals surface area (Å²) in [4.78, 5) is 0. The molecule has 1 aromatic carbocycles. The molecule has 3 heteroatoms. The highest BCUT2D eigenvalue weighted by molar-refractivity contribution is 6.27. The van der Waals surface area contributed by atoms with Crippen LogP contribution in [0.5, 0.6) is 0 Å². The summed E-state index contributed by atoms with van der Waals surface area (Å²) in [5.74, 6) is 0.470. The molecule has 1 aromatic heterocycles. The van der Waals surface area contributed by atoms with Crippen LogP contribution in [0.1, 0.15) is 0 Å². The summed E-state index contributed by atoms with van der Waals surface area (Å²) in [5.41, 5.74) is 1.19. The van der Waals surface area contributed by atoms with E-state index in [0.29, 0.717) is 5.88 Å². The summed E-state index contributed by atoms with van der Waals surface area (Å²) in [7, 11) is 0. The SMILES string of the molecule is ClC[C@H](Cl)C[n+]1cccc2ccccc21. The van der Waals surface area contributed by atoms with E-state index in [-0.39, 0.29) is 5.38 Å². The van der Waals surface area contributed by atoms with Gasteiger partial charge in [-0.3, -0.25) is 0 Å². The molecular formula is C12H12Cl2N+.